The number of hydrogen-bond acceptors (Lipinski definition) is 4. The van der Waals surface area contributed by atoms with Gasteiger partial charge in [0.1, 0.15) is 5.69 Å². The van der Waals surface area contributed by atoms with Gasteiger partial charge in [0.2, 0.25) is 0 Å². The summed E-state index contributed by atoms with van der Waals surface area (Å²) in [6.45, 7) is 1.07. The third-order valence-electron chi connectivity index (χ3n) is 3.30. The standard InChI is InChI=1S/C12H18F3N5O/c13-12(14,15)8-18-3-5-20(6-4-18)11(21)10-7-19(2-1-16)9-17-10/h7,9H,1-6,8,16H2. The van der Waals surface area contributed by atoms with Gasteiger partial charge in [-0.3, -0.25) is 9.69 Å². The van der Waals surface area contributed by atoms with Gasteiger partial charge >= 0.3 is 6.18 Å². The molecule has 0 spiro atoms. The fraction of sp³-hybridized carbons (Fsp3) is 0.667. The molecule has 9 heteroatoms. The van der Waals surface area contributed by atoms with Crippen LogP contribution in [0.15, 0.2) is 12.5 Å². The van der Waals surface area contributed by atoms with Gasteiger partial charge in [-0.25, -0.2) is 4.98 Å². The van der Waals surface area contributed by atoms with Crippen molar-refractivity contribution in [3.8, 4) is 0 Å². The van der Waals surface area contributed by atoms with Crippen LogP contribution < -0.4 is 5.73 Å². The molecule has 1 aliphatic heterocycles. The Kier molecular flexibility index (Phi) is 4.84. The quantitative estimate of drug-likeness (QED) is 0.860. The molecular weight excluding hydrogens is 287 g/mol. The molecule has 1 aliphatic rings. The Morgan fingerprint density at radius 2 is 1.95 bits per heavy atom. The second kappa shape index (κ2) is 6.44. The van der Waals surface area contributed by atoms with Crippen LogP contribution in [0.1, 0.15) is 10.5 Å². The zero-order valence-electron chi connectivity index (χ0n) is 11.5. The predicted molar refractivity (Wildman–Crippen MR) is 69.7 cm³/mol. The van der Waals surface area contributed by atoms with Crippen LogP contribution in [0.5, 0.6) is 0 Å². The largest absolute Gasteiger partial charge is 0.401 e. The Morgan fingerprint density at radius 1 is 1.29 bits per heavy atom. The summed E-state index contributed by atoms with van der Waals surface area (Å²) in [6.07, 6.45) is -1.07. The molecule has 1 fully saturated rings. The number of rotatable bonds is 4. The molecule has 0 atom stereocenters. The van der Waals surface area contributed by atoms with Crippen molar-refractivity contribution in [1.82, 2.24) is 19.4 Å². The van der Waals surface area contributed by atoms with Crippen LogP contribution in [0.4, 0.5) is 13.2 Å². The Labute approximate surface area is 120 Å². The van der Waals surface area contributed by atoms with Gasteiger partial charge in [0.05, 0.1) is 12.9 Å². The second-order valence-electron chi connectivity index (χ2n) is 4.97. The molecule has 2 rings (SSSR count). The summed E-state index contributed by atoms with van der Waals surface area (Å²) in [4.78, 5) is 19.0. The molecule has 6 nitrogen and oxygen atoms in total. The molecule has 2 heterocycles. The number of halogens is 3. The van der Waals surface area contributed by atoms with Gasteiger partial charge in [-0.05, 0) is 0 Å². The topological polar surface area (TPSA) is 67.4 Å². The van der Waals surface area contributed by atoms with Gasteiger partial charge in [-0.2, -0.15) is 13.2 Å². The lowest BCUT2D eigenvalue weighted by atomic mass is 10.3. The highest BCUT2D eigenvalue weighted by Crippen LogP contribution is 2.17. The van der Waals surface area contributed by atoms with Crippen molar-refractivity contribution in [3.63, 3.8) is 0 Å². The maximum Gasteiger partial charge on any atom is 0.401 e. The normalized spacial score (nSPS) is 17.2. The third-order valence-corrected chi connectivity index (χ3v) is 3.30. The van der Waals surface area contributed by atoms with Gasteiger partial charge in [-0.15, -0.1) is 0 Å². The number of nitrogens with two attached hydrogens (primary N) is 1. The minimum absolute atomic E-state index is 0.217. The Morgan fingerprint density at radius 3 is 2.52 bits per heavy atom. The molecule has 1 aromatic heterocycles. The highest BCUT2D eigenvalue weighted by atomic mass is 19.4. The molecule has 0 aliphatic carbocycles. The first-order chi connectivity index (χ1) is 9.89. The van der Waals surface area contributed by atoms with E-state index in [1.54, 1.807) is 10.8 Å². The lowest BCUT2D eigenvalue weighted by Gasteiger charge is -2.34. The van der Waals surface area contributed by atoms with Crippen LogP contribution in [-0.4, -0.2) is 70.7 Å². The monoisotopic (exact) mass is 305 g/mol. The first kappa shape index (κ1) is 15.8. The van der Waals surface area contributed by atoms with Gasteiger partial charge in [0, 0.05) is 45.5 Å². The summed E-state index contributed by atoms with van der Waals surface area (Å²) >= 11 is 0. The van der Waals surface area contributed by atoms with Crippen LogP contribution in [0, 0.1) is 0 Å². The molecular formula is C12H18F3N5O. The maximum atomic E-state index is 12.3. The number of piperazine rings is 1. The first-order valence-electron chi connectivity index (χ1n) is 6.69. The van der Waals surface area contributed by atoms with Crippen LogP contribution in [0.3, 0.4) is 0 Å². The number of carbonyl (C=O) groups is 1. The minimum Gasteiger partial charge on any atom is -0.335 e. The van der Waals surface area contributed by atoms with E-state index < -0.39 is 12.7 Å². The fourth-order valence-corrected chi connectivity index (χ4v) is 2.27. The van der Waals surface area contributed by atoms with E-state index in [-0.39, 0.29) is 32.1 Å². The predicted octanol–water partition coefficient (Wildman–Crippen LogP) is 0.162. The average molecular weight is 305 g/mol. The van der Waals surface area contributed by atoms with Crippen molar-refractivity contribution >= 4 is 5.91 Å². The molecule has 118 valence electrons. The SMILES string of the molecule is NCCn1cnc(C(=O)N2CCN(CC(F)(F)F)CC2)c1. The molecule has 0 unspecified atom stereocenters. The molecule has 1 amide bonds. The zero-order valence-corrected chi connectivity index (χ0v) is 11.5. The van der Waals surface area contributed by atoms with Gasteiger partial charge in [-0.1, -0.05) is 0 Å². The number of aromatic nitrogens is 2. The first-order valence-corrected chi connectivity index (χ1v) is 6.69. The summed E-state index contributed by atoms with van der Waals surface area (Å²) in [7, 11) is 0. The lowest BCUT2D eigenvalue weighted by Crippen LogP contribution is -2.51. The molecule has 2 N–H and O–H groups in total. The molecule has 0 bridgehead atoms. The van der Waals surface area contributed by atoms with Crippen molar-refractivity contribution in [2.24, 2.45) is 5.73 Å². The lowest BCUT2D eigenvalue weighted by molar-refractivity contribution is -0.148. The molecule has 1 aromatic rings. The summed E-state index contributed by atoms with van der Waals surface area (Å²) in [5.41, 5.74) is 5.71. The summed E-state index contributed by atoms with van der Waals surface area (Å²) in [6, 6.07) is 0. The van der Waals surface area contributed by atoms with Crippen molar-refractivity contribution in [3.05, 3.63) is 18.2 Å². The molecule has 21 heavy (non-hydrogen) atoms. The Balaban J connectivity index is 1.87. The van der Waals surface area contributed by atoms with E-state index in [0.717, 1.165) is 0 Å². The van der Waals surface area contributed by atoms with E-state index in [4.69, 9.17) is 5.73 Å². The van der Waals surface area contributed by atoms with E-state index in [1.807, 2.05) is 0 Å². The van der Waals surface area contributed by atoms with Crippen LogP contribution >= 0.6 is 0 Å². The average Bonchev–Trinajstić information content (AvgIpc) is 2.86. The van der Waals surface area contributed by atoms with E-state index in [0.29, 0.717) is 18.8 Å². The van der Waals surface area contributed by atoms with Gasteiger partial charge in [0.15, 0.2) is 0 Å². The van der Waals surface area contributed by atoms with Gasteiger partial charge < -0.3 is 15.2 Å². The number of nitrogens with zero attached hydrogens (tertiary/aromatic N) is 4. The molecule has 0 aromatic carbocycles. The molecule has 1 saturated heterocycles. The summed E-state index contributed by atoms with van der Waals surface area (Å²) in [5, 5.41) is 0. The van der Waals surface area contributed by atoms with E-state index in [9.17, 15) is 18.0 Å². The number of hydrogen-bond donors (Lipinski definition) is 1. The van der Waals surface area contributed by atoms with Crippen molar-refractivity contribution in [2.75, 3.05) is 39.3 Å². The number of amides is 1. The second-order valence-corrected chi connectivity index (χ2v) is 4.97. The summed E-state index contributed by atoms with van der Waals surface area (Å²) in [5.74, 6) is -0.252. The van der Waals surface area contributed by atoms with Crippen LogP contribution in [-0.2, 0) is 6.54 Å². The van der Waals surface area contributed by atoms with Crippen LogP contribution in [0.2, 0.25) is 0 Å². The smallest absolute Gasteiger partial charge is 0.335 e. The van der Waals surface area contributed by atoms with Gasteiger partial charge in [0.25, 0.3) is 5.91 Å². The highest BCUT2D eigenvalue weighted by molar-refractivity contribution is 5.92. The third kappa shape index (κ3) is 4.43. The van der Waals surface area contributed by atoms with E-state index in [1.165, 1.54) is 16.1 Å². The molecule has 0 radical (unpaired) electrons. The van der Waals surface area contributed by atoms with E-state index in [2.05, 4.69) is 4.98 Å². The number of imidazole rings is 1. The van der Waals surface area contributed by atoms with Crippen molar-refractivity contribution in [1.29, 1.82) is 0 Å². The minimum atomic E-state index is -4.20. The highest BCUT2D eigenvalue weighted by Gasteiger charge is 2.33. The Bertz CT molecular complexity index is 479. The maximum absolute atomic E-state index is 12.3. The number of carbonyl (C=O) groups excluding carboxylic acids is 1. The van der Waals surface area contributed by atoms with Crippen LogP contribution in [0.25, 0.3) is 0 Å². The zero-order chi connectivity index (χ0) is 15.5. The van der Waals surface area contributed by atoms with Crippen molar-refractivity contribution < 1.29 is 18.0 Å². The fourth-order valence-electron chi connectivity index (χ4n) is 2.27. The van der Waals surface area contributed by atoms with Crippen molar-refractivity contribution in [2.45, 2.75) is 12.7 Å². The summed E-state index contributed by atoms with van der Waals surface area (Å²) < 4.78 is 38.6. The number of alkyl halides is 3. The Hall–Kier alpha value is -1.61. The molecule has 0 saturated carbocycles. The van der Waals surface area contributed by atoms with E-state index >= 15 is 0 Å².